The quantitative estimate of drug-likeness (QED) is 0.532. The van der Waals surface area contributed by atoms with Crippen LogP contribution in [0.1, 0.15) is 32.1 Å². The Balaban J connectivity index is 2.18. The highest BCUT2D eigenvalue weighted by atomic mass is 14.8. The van der Waals surface area contributed by atoms with Gasteiger partial charge in [-0.1, -0.05) is 18.1 Å². The second-order valence-electron chi connectivity index (χ2n) is 2.90. The topological polar surface area (TPSA) is 14.1 Å². The minimum atomic E-state index is 1.02. The third-order valence-corrected chi connectivity index (χ3v) is 2.04. The van der Waals surface area contributed by atoms with Gasteiger partial charge < -0.3 is 5.32 Å². The highest BCUT2D eigenvalue weighted by molar-refractivity contribution is 5.06. The van der Waals surface area contributed by atoms with Crippen molar-refractivity contribution in [1.29, 1.82) is 0 Å². The molecule has 0 N–H and O–H groups in total. The first kappa shape index (κ1) is 7.80. The van der Waals surface area contributed by atoms with Crippen LogP contribution >= 0.6 is 0 Å². The summed E-state index contributed by atoms with van der Waals surface area (Å²) in [5, 5.41) is 4.09. The van der Waals surface area contributed by atoms with Gasteiger partial charge in [0.2, 0.25) is 0 Å². The highest BCUT2D eigenvalue weighted by Gasteiger charge is 1.99. The van der Waals surface area contributed by atoms with Crippen molar-refractivity contribution in [1.82, 2.24) is 0 Å². The summed E-state index contributed by atoms with van der Waals surface area (Å²) in [6.45, 7) is 1.02. The van der Waals surface area contributed by atoms with Crippen LogP contribution in [0.3, 0.4) is 0 Å². The van der Waals surface area contributed by atoms with Crippen LogP contribution in [-0.4, -0.2) is 13.6 Å². The molecule has 1 aliphatic rings. The molecule has 0 bridgehead atoms. The average molecular weight is 138 g/mol. The molecule has 1 nitrogen and oxygen atoms in total. The zero-order valence-electron chi connectivity index (χ0n) is 6.77. The molecule has 0 radical (unpaired) electrons. The van der Waals surface area contributed by atoms with Crippen molar-refractivity contribution in [3.8, 4) is 0 Å². The molecule has 0 aliphatic heterocycles. The van der Waals surface area contributed by atoms with Crippen molar-refractivity contribution in [2.45, 2.75) is 32.1 Å². The minimum absolute atomic E-state index is 1.02. The van der Waals surface area contributed by atoms with Crippen LogP contribution in [0.4, 0.5) is 0 Å². The Morgan fingerprint density at radius 2 is 2.40 bits per heavy atom. The van der Waals surface area contributed by atoms with Crippen molar-refractivity contribution in [3.05, 3.63) is 17.0 Å². The van der Waals surface area contributed by atoms with Gasteiger partial charge in [-0.05, 0) is 25.7 Å². The molecule has 0 spiro atoms. The standard InChI is InChI=1S/C9H16N/c1-10-8-7-9-5-3-2-4-6-9/h5H,2-4,6-8H2,1H3/q-1. The summed E-state index contributed by atoms with van der Waals surface area (Å²) in [5.74, 6) is 0. The van der Waals surface area contributed by atoms with E-state index in [-0.39, 0.29) is 0 Å². The van der Waals surface area contributed by atoms with Gasteiger partial charge in [0.05, 0.1) is 0 Å². The SMILES string of the molecule is C[N-]CCC1=CCCCC1. The number of rotatable bonds is 3. The maximum absolute atomic E-state index is 4.09. The number of hydrogen-bond donors (Lipinski definition) is 0. The number of nitrogens with zero attached hydrogens (tertiary/aromatic N) is 1. The first-order valence-electron chi connectivity index (χ1n) is 4.17. The lowest BCUT2D eigenvalue weighted by Crippen LogP contribution is -1.93. The summed E-state index contributed by atoms with van der Waals surface area (Å²) in [4.78, 5) is 0. The van der Waals surface area contributed by atoms with Crippen LogP contribution in [0.25, 0.3) is 5.32 Å². The molecule has 1 heteroatoms. The molecule has 0 atom stereocenters. The minimum Gasteiger partial charge on any atom is -0.665 e. The predicted molar refractivity (Wildman–Crippen MR) is 45.3 cm³/mol. The van der Waals surface area contributed by atoms with E-state index in [0.29, 0.717) is 0 Å². The Morgan fingerprint density at radius 1 is 1.50 bits per heavy atom. The van der Waals surface area contributed by atoms with E-state index < -0.39 is 0 Å². The molecule has 0 aromatic heterocycles. The summed E-state index contributed by atoms with van der Waals surface area (Å²) in [6.07, 6.45) is 9.03. The Kier molecular flexibility index (Phi) is 3.52. The molecule has 1 aliphatic carbocycles. The van der Waals surface area contributed by atoms with Gasteiger partial charge in [-0.15, -0.1) is 6.54 Å². The van der Waals surface area contributed by atoms with E-state index in [2.05, 4.69) is 11.4 Å². The Morgan fingerprint density at radius 3 is 3.00 bits per heavy atom. The van der Waals surface area contributed by atoms with Crippen LogP contribution in [0, 0.1) is 0 Å². The first-order chi connectivity index (χ1) is 4.93. The zero-order valence-corrected chi connectivity index (χ0v) is 6.77. The summed E-state index contributed by atoms with van der Waals surface area (Å²) < 4.78 is 0. The molecular formula is C9H16N-. The molecule has 0 heterocycles. The van der Waals surface area contributed by atoms with Crippen LogP contribution in [0.2, 0.25) is 0 Å². The maximum atomic E-state index is 4.09. The van der Waals surface area contributed by atoms with Crippen LogP contribution in [-0.2, 0) is 0 Å². The third kappa shape index (κ3) is 2.53. The third-order valence-electron chi connectivity index (χ3n) is 2.04. The lowest BCUT2D eigenvalue weighted by Gasteiger charge is -2.16. The number of hydrogen-bond acceptors (Lipinski definition) is 0. The molecule has 0 aromatic carbocycles. The van der Waals surface area contributed by atoms with Gasteiger partial charge in [-0.3, -0.25) is 0 Å². The second-order valence-corrected chi connectivity index (χ2v) is 2.90. The van der Waals surface area contributed by atoms with Gasteiger partial charge in [-0.25, -0.2) is 0 Å². The van der Waals surface area contributed by atoms with Gasteiger partial charge >= 0.3 is 0 Å². The molecule has 1 rings (SSSR count). The zero-order chi connectivity index (χ0) is 7.23. The van der Waals surface area contributed by atoms with E-state index >= 15 is 0 Å². The summed E-state index contributed by atoms with van der Waals surface area (Å²) in [5.41, 5.74) is 1.64. The molecule has 0 saturated heterocycles. The van der Waals surface area contributed by atoms with E-state index in [1.165, 1.54) is 32.1 Å². The van der Waals surface area contributed by atoms with E-state index in [1.54, 1.807) is 5.57 Å². The molecular weight excluding hydrogens is 122 g/mol. The lowest BCUT2D eigenvalue weighted by molar-refractivity contribution is 0.680. The average Bonchev–Trinajstić information content (AvgIpc) is 2.03. The van der Waals surface area contributed by atoms with Crippen LogP contribution < -0.4 is 0 Å². The van der Waals surface area contributed by atoms with Gasteiger partial charge in [0.1, 0.15) is 0 Å². The summed E-state index contributed by atoms with van der Waals surface area (Å²) >= 11 is 0. The Hall–Kier alpha value is -0.300. The van der Waals surface area contributed by atoms with Crippen molar-refractivity contribution in [2.75, 3.05) is 13.6 Å². The van der Waals surface area contributed by atoms with Gasteiger partial charge in [0, 0.05) is 0 Å². The summed E-state index contributed by atoms with van der Waals surface area (Å²) in [6, 6.07) is 0. The maximum Gasteiger partial charge on any atom is -0.0321 e. The van der Waals surface area contributed by atoms with Gasteiger partial charge in [-0.2, -0.15) is 7.05 Å². The van der Waals surface area contributed by atoms with E-state index in [4.69, 9.17) is 0 Å². The van der Waals surface area contributed by atoms with Crippen LogP contribution in [0.15, 0.2) is 11.6 Å². The molecule has 0 aromatic rings. The van der Waals surface area contributed by atoms with Crippen molar-refractivity contribution in [2.24, 2.45) is 0 Å². The van der Waals surface area contributed by atoms with Crippen LogP contribution in [0.5, 0.6) is 0 Å². The van der Waals surface area contributed by atoms with Crippen molar-refractivity contribution < 1.29 is 0 Å². The largest absolute Gasteiger partial charge is 0.665 e. The van der Waals surface area contributed by atoms with Gasteiger partial charge in [0.15, 0.2) is 0 Å². The highest BCUT2D eigenvalue weighted by Crippen LogP contribution is 2.19. The fourth-order valence-electron chi connectivity index (χ4n) is 1.39. The fourth-order valence-corrected chi connectivity index (χ4v) is 1.39. The molecule has 10 heavy (non-hydrogen) atoms. The Labute approximate surface area is 63.5 Å². The van der Waals surface area contributed by atoms with E-state index in [1.807, 2.05) is 7.05 Å². The smallest absolute Gasteiger partial charge is 0.0321 e. The first-order valence-corrected chi connectivity index (χ1v) is 4.17. The molecule has 58 valence electrons. The summed E-state index contributed by atoms with van der Waals surface area (Å²) in [7, 11) is 1.89. The lowest BCUT2D eigenvalue weighted by atomic mass is 9.97. The van der Waals surface area contributed by atoms with Crippen molar-refractivity contribution >= 4 is 0 Å². The molecule has 0 fully saturated rings. The number of allylic oxidation sites excluding steroid dienone is 1. The molecule has 0 saturated carbocycles. The van der Waals surface area contributed by atoms with E-state index in [0.717, 1.165) is 6.54 Å². The molecule has 0 unspecified atom stereocenters. The monoisotopic (exact) mass is 138 g/mol. The normalized spacial score (nSPS) is 18.7. The van der Waals surface area contributed by atoms with Crippen molar-refractivity contribution in [3.63, 3.8) is 0 Å². The van der Waals surface area contributed by atoms with Gasteiger partial charge in [0.25, 0.3) is 0 Å². The fraction of sp³-hybridized carbons (Fsp3) is 0.778. The molecule has 0 amide bonds. The second kappa shape index (κ2) is 4.51. The van der Waals surface area contributed by atoms with E-state index in [9.17, 15) is 0 Å². The predicted octanol–water partition coefficient (Wildman–Crippen LogP) is 2.88. The Bertz CT molecular complexity index is 116.